The van der Waals surface area contributed by atoms with Gasteiger partial charge in [-0.2, -0.15) is 0 Å². The summed E-state index contributed by atoms with van der Waals surface area (Å²) in [5.41, 5.74) is 0. The number of likely N-dealkylation sites (tertiary alicyclic amines) is 1. The number of nitrogens with zero attached hydrogens (tertiary/aromatic N) is 1. The second-order valence-corrected chi connectivity index (χ2v) is 14.2. The fourth-order valence-electron chi connectivity index (χ4n) is 7.05. The van der Waals surface area contributed by atoms with Crippen LogP contribution in [0.25, 0.3) is 0 Å². The van der Waals surface area contributed by atoms with Gasteiger partial charge in [0.2, 0.25) is 0 Å². The van der Waals surface area contributed by atoms with Crippen LogP contribution in [0.5, 0.6) is 0 Å². The Balaban J connectivity index is 2.09. The first kappa shape index (κ1) is 39.6. The lowest BCUT2D eigenvalue weighted by Gasteiger charge is -2.24. The molecule has 1 aliphatic heterocycles. The van der Waals surface area contributed by atoms with Crippen LogP contribution in [-0.2, 0) is 9.53 Å². The maximum atomic E-state index is 12.7. The quantitative estimate of drug-likeness (QED) is 0.0729. The van der Waals surface area contributed by atoms with Crippen LogP contribution in [0, 0.1) is 11.8 Å². The minimum Gasteiger partial charge on any atom is -0.380 e. The first-order valence-electron chi connectivity index (χ1n) is 19.4. The first-order valence-corrected chi connectivity index (χ1v) is 19.4. The molecule has 2 atom stereocenters. The number of hydrogen-bond acceptors (Lipinski definition) is 3. The molecule has 0 aromatic rings. The minimum absolute atomic E-state index is 0.527. The summed E-state index contributed by atoms with van der Waals surface area (Å²) in [6.07, 6.45) is 34.8. The van der Waals surface area contributed by atoms with Gasteiger partial charge in [-0.25, -0.2) is 0 Å². The van der Waals surface area contributed by atoms with Crippen molar-refractivity contribution in [3.63, 3.8) is 0 Å². The number of hydrogen-bond donors (Lipinski definition) is 0. The van der Waals surface area contributed by atoms with E-state index >= 15 is 0 Å². The van der Waals surface area contributed by atoms with E-state index in [0.717, 1.165) is 50.7 Å². The number of Topliss-reactive ketones (excluding diaryl/α,β-unsaturated/α-hetero) is 1. The van der Waals surface area contributed by atoms with E-state index in [9.17, 15) is 4.79 Å². The van der Waals surface area contributed by atoms with Gasteiger partial charge in [-0.3, -0.25) is 9.69 Å². The molecule has 0 radical (unpaired) electrons. The van der Waals surface area contributed by atoms with E-state index in [1.165, 1.54) is 161 Å². The largest absolute Gasteiger partial charge is 0.380 e. The smallest absolute Gasteiger partial charge is 0.132 e. The zero-order chi connectivity index (χ0) is 30.5. The van der Waals surface area contributed by atoms with Crippen molar-refractivity contribution in [2.45, 2.75) is 207 Å². The SMILES string of the molecule is CCCCCCCCC(CCCCCCCC)CCC(=O)CCCCCCCOC[C@@H]1CC(C)CN1CCCCCC. The molecule has 3 nitrogen and oxygen atoms in total. The van der Waals surface area contributed by atoms with Crippen molar-refractivity contribution in [2.24, 2.45) is 11.8 Å². The Bertz CT molecular complexity index is 563. The monoisotopic (exact) mass is 592 g/mol. The molecule has 0 spiro atoms. The van der Waals surface area contributed by atoms with Crippen LogP contribution < -0.4 is 0 Å². The summed E-state index contributed by atoms with van der Waals surface area (Å²) in [7, 11) is 0. The number of carbonyl (C=O) groups excluding carboxylic acids is 1. The summed E-state index contributed by atoms with van der Waals surface area (Å²) >= 11 is 0. The van der Waals surface area contributed by atoms with Crippen molar-refractivity contribution < 1.29 is 9.53 Å². The van der Waals surface area contributed by atoms with Crippen molar-refractivity contribution in [1.82, 2.24) is 4.90 Å². The van der Waals surface area contributed by atoms with E-state index in [2.05, 4.69) is 32.6 Å². The normalized spacial score (nSPS) is 17.5. The van der Waals surface area contributed by atoms with Crippen molar-refractivity contribution >= 4 is 5.78 Å². The summed E-state index contributed by atoms with van der Waals surface area (Å²) in [4.78, 5) is 15.4. The molecular weight excluding hydrogens is 514 g/mol. The lowest BCUT2D eigenvalue weighted by atomic mass is 9.89. The summed E-state index contributed by atoms with van der Waals surface area (Å²) < 4.78 is 6.13. The van der Waals surface area contributed by atoms with E-state index in [4.69, 9.17) is 4.74 Å². The Morgan fingerprint density at radius 2 is 1.17 bits per heavy atom. The Morgan fingerprint density at radius 1 is 0.643 bits per heavy atom. The molecule has 1 saturated heterocycles. The number of ether oxygens (including phenoxy) is 1. The van der Waals surface area contributed by atoms with E-state index in [1.54, 1.807) is 0 Å². The molecule has 1 rings (SSSR count). The fraction of sp³-hybridized carbons (Fsp3) is 0.974. The molecule has 0 N–H and O–H groups in total. The van der Waals surface area contributed by atoms with Crippen LogP contribution in [0.15, 0.2) is 0 Å². The minimum atomic E-state index is 0.527. The number of rotatable bonds is 32. The molecule has 0 aliphatic carbocycles. The number of ketones is 1. The Kier molecular flexibility index (Phi) is 27.6. The van der Waals surface area contributed by atoms with Crippen molar-refractivity contribution in [2.75, 3.05) is 26.3 Å². The topological polar surface area (TPSA) is 29.5 Å². The molecule has 3 heteroatoms. The van der Waals surface area contributed by atoms with Crippen LogP contribution in [0.4, 0.5) is 0 Å². The molecule has 0 saturated carbocycles. The molecule has 1 heterocycles. The predicted octanol–water partition coefficient (Wildman–Crippen LogP) is 12.1. The summed E-state index contributed by atoms with van der Waals surface area (Å²) in [6, 6.07) is 0.642. The molecule has 250 valence electrons. The molecule has 0 bridgehead atoms. The maximum absolute atomic E-state index is 12.7. The van der Waals surface area contributed by atoms with Crippen molar-refractivity contribution in [3.8, 4) is 0 Å². The maximum Gasteiger partial charge on any atom is 0.132 e. The number of carbonyl (C=O) groups is 1. The zero-order valence-electron chi connectivity index (χ0n) is 29.4. The third-order valence-corrected chi connectivity index (χ3v) is 9.85. The highest BCUT2D eigenvalue weighted by molar-refractivity contribution is 5.78. The van der Waals surface area contributed by atoms with Gasteiger partial charge in [0.15, 0.2) is 0 Å². The highest BCUT2D eigenvalue weighted by atomic mass is 16.5. The number of unbranched alkanes of at least 4 members (excludes halogenated alkanes) is 17. The van der Waals surface area contributed by atoms with Crippen LogP contribution >= 0.6 is 0 Å². The van der Waals surface area contributed by atoms with Gasteiger partial charge in [-0.1, -0.05) is 156 Å². The van der Waals surface area contributed by atoms with Gasteiger partial charge in [-0.05, 0) is 50.5 Å². The van der Waals surface area contributed by atoms with E-state index < -0.39 is 0 Å². The molecule has 0 amide bonds. The average molecular weight is 592 g/mol. The zero-order valence-corrected chi connectivity index (χ0v) is 29.4. The van der Waals surface area contributed by atoms with Gasteiger partial charge < -0.3 is 4.74 Å². The molecular formula is C39H77NO2. The second kappa shape index (κ2) is 29.3. The summed E-state index contributed by atoms with van der Waals surface area (Å²) in [5.74, 6) is 2.13. The Hall–Kier alpha value is -0.410. The second-order valence-electron chi connectivity index (χ2n) is 14.2. The molecule has 1 unspecified atom stereocenters. The highest BCUT2D eigenvalue weighted by Crippen LogP contribution is 2.25. The van der Waals surface area contributed by atoms with Crippen LogP contribution in [0.3, 0.4) is 0 Å². The molecule has 0 aromatic carbocycles. The fourth-order valence-corrected chi connectivity index (χ4v) is 7.05. The highest BCUT2D eigenvalue weighted by Gasteiger charge is 2.28. The molecule has 1 aliphatic rings. The van der Waals surface area contributed by atoms with E-state index in [0.29, 0.717) is 11.8 Å². The third-order valence-electron chi connectivity index (χ3n) is 9.85. The molecule has 1 fully saturated rings. The average Bonchev–Trinajstić information content (AvgIpc) is 3.34. The van der Waals surface area contributed by atoms with Crippen molar-refractivity contribution in [3.05, 3.63) is 0 Å². The van der Waals surface area contributed by atoms with Gasteiger partial charge >= 0.3 is 0 Å². The molecule has 0 aromatic heterocycles. The van der Waals surface area contributed by atoms with Crippen LogP contribution in [0.1, 0.15) is 201 Å². The predicted molar refractivity (Wildman–Crippen MR) is 186 cm³/mol. The molecule has 42 heavy (non-hydrogen) atoms. The Morgan fingerprint density at radius 3 is 1.79 bits per heavy atom. The van der Waals surface area contributed by atoms with E-state index in [1.807, 2.05) is 0 Å². The van der Waals surface area contributed by atoms with Gasteiger partial charge in [-0.15, -0.1) is 0 Å². The van der Waals surface area contributed by atoms with E-state index in [-0.39, 0.29) is 0 Å². The van der Waals surface area contributed by atoms with Crippen LogP contribution in [-0.4, -0.2) is 43.0 Å². The summed E-state index contributed by atoms with van der Waals surface area (Å²) in [5, 5.41) is 0. The summed E-state index contributed by atoms with van der Waals surface area (Å²) in [6.45, 7) is 13.6. The van der Waals surface area contributed by atoms with Gasteiger partial charge in [0.05, 0.1) is 6.61 Å². The van der Waals surface area contributed by atoms with Crippen molar-refractivity contribution in [1.29, 1.82) is 0 Å². The Labute approximate surface area is 265 Å². The van der Waals surface area contributed by atoms with Gasteiger partial charge in [0, 0.05) is 32.0 Å². The lowest BCUT2D eigenvalue weighted by Crippen LogP contribution is -2.34. The van der Waals surface area contributed by atoms with Gasteiger partial charge in [0.1, 0.15) is 5.78 Å². The standard InChI is InChI=1S/C39H77NO2/c1-5-8-11-14-17-21-26-37(27-22-18-15-12-9-6-2)29-30-39(41)28-23-19-16-20-25-32-42-35-38-33-36(4)34-40(38)31-24-13-10-7-3/h36-38H,5-35H2,1-4H3/t36?,38-/m0/s1. The van der Waals surface area contributed by atoms with Gasteiger partial charge in [0.25, 0.3) is 0 Å². The third kappa shape index (κ3) is 23.0. The first-order chi connectivity index (χ1) is 20.6. The lowest BCUT2D eigenvalue weighted by molar-refractivity contribution is -0.119. The van der Waals surface area contributed by atoms with Crippen LogP contribution in [0.2, 0.25) is 0 Å².